The third-order valence-electron chi connectivity index (χ3n) is 5.78. The number of hydrogen-bond acceptors (Lipinski definition) is 6. The third-order valence-corrected chi connectivity index (χ3v) is 8.82. The van der Waals surface area contributed by atoms with Crippen LogP contribution in [0.5, 0.6) is 5.75 Å². The minimum absolute atomic E-state index is 0.145. The Morgan fingerprint density at radius 1 is 1.00 bits per heavy atom. The van der Waals surface area contributed by atoms with Crippen LogP contribution in [0.3, 0.4) is 0 Å². The van der Waals surface area contributed by atoms with Crippen molar-refractivity contribution in [1.82, 2.24) is 9.62 Å². The highest BCUT2D eigenvalue weighted by Crippen LogP contribution is 2.24. The van der Waals surface area contributed by atoms with Gasteiger partial charge >= 0.3 is 0 Å². The zero-order chi connectivity index (χ0) is 25.6. The van der Waals surface area contributed by atoms with E-state index in [1.807, 2.05) is 13.0 Å². The van der Waals surface area contributed by atoms with Gasteiger partial charge in [-0.25, -0.2) is 16.8 Å². The number of carbonyl (C=O) groups excluding carboxylic acids is 1. The fourth-order valence-electron chi connectivity index (χ4n) is 3.97. The predicted octanol–water partition coefficient (Wildman–Crippen LogP) is 2.44. The summed E-state index contributed by atoms with van der Waals surface area (Å²) in [5.41, 5.74) is 2.22. The van der Waals surface area contributed by atoms with E-state index in [1.165, 1.54) is 16.4 Å². The van der Waals surface area contributed by atoms with Crippen LogP contribution in [-0.2, 0) is 24.8 Å². The fourth-order valence-corrected chi connectivity index (χ4v) is 6.41. The second-order valence-corrected chi connectivity index (χ2v) is 12.5. The van der Waals surface area contributed by atoms with Crippen molar-refractivity contribution in [2.24, 2.45) is 0 Å². The van der Waals surface area contributed by atoms with Crippen LogP contribution in [0.2, 0.25) is 0 Å². The van der Waals surface area contributed by atoms with Crippen LogP contribution in [-0.4, -0.2) is 66.1 Å². The monoisotopic (exact) mass is 523 g/mol. The second kappa shape index (κ2) is 11.4. The van der Waals surface area contributed by atoms with E-state index in [4.69, 9.17) is 4.74 Å². The molecule has 1 saturated heterocycles. The number of rotatable bonds is 10. The number of hydrogen-bond donors (Lipinski definition) is 1. The third kappa shape index (κ3) is 7.18. The first-order valence-electron chi connectivity index (χ1n) is 11.5. The molecule has 0 unspecified atom stereocenters. The first-order chi connectivity index (χ1) is 16.5. The first-order valence-corrected chi connectivity index (χ1v) is 14.8. The zero-order valence-corrected chi connectivity index (χ0v) is 22.0. The molecule has 9 nitrogen and oxygen atoms in total. The molecule has 0 saturated carbocycles. The van der Waals surface area contributed by atoms with Crippen molar-refractivity contribution in [1.29, 1.82) is 0 Å². The maximum absolute atomic E-state index is 12.7. The summed E-state index contributed by atoms with van der Waals surface area (Å²) in [5.74, 6) is 0.0202. The molecule has 0 aromatic heterocycles. The molecule has 1 N–H and O–H groups in total. The summed E-state index contributed by atoms with van der Waals surface area (Å²) in [6.45, 7) is 4.77. The Hall–Kier alpha value is -2.63. The predicted molar refractivity (Wildman–Crippen MR) is 136 cm³/mol. The van der Waals surface area contributed by atoms with Crippen molar-refractivity contribution in [2.75, 3.05) is 43.3 Å². The van der Waals surface area contributed by atoms with E-state index < -0.39 is 26.0 Å². The summed E-state index contributed by atoms with van der Waals surface area (Å²) >= 11 is 0. The summed E-state index contributed by atoms with van der Waals surface area (Å²) in [4.78, 5) is 12.7. The number of amides is 1. The lowest BCUT2D eigenvalue weighted by Gasteiger charge is -2.25. The molecule has 0 aliphatic carbocycles. The van der Waals surface area contributed by atoms with Crippen molar-refractivity contribution in [3.05, 3.63) is 53.6 Å². The van der Waals surface area contributed by atoms with Gasteiger partial charge in [-0.15, -0.1) is 0 Å². The molecule has 192 valence electrons. The normalized spacial score (nSPS) is 14.9. The van der Waals surface area contributed by atoms with Crippen molar-refractivity contribution >= 4 is 31.6 Å². The maximum atomic E-state index is 12.7. The van der Waals surface area contributed by atoms with Gasteiger partial charge in [0.15, 0.2) is 0 Å². The number of anilines is 1. The molecule has 0 bridgehead atoms. The molecule has 2 aromatic rings. The molecule has 11 heteroatoms. The number of nitrogens with one attached hydrogen (secondary N) is 1. The number of sulfonamides is 2. The van der Waals surface area contributed by atoms with E-state index >= 15 is 0 Å². The average Bonchev–Trinajstić information content (AvgIpc) is 2.81. The largest absolute Gasteiger partial charge is 0.492 e. The van der Waals surface area contributed by atoms with Gasteiger partial charge in [-0.1, -0.05) is 24.1 Å². The van der Waals surface area contributed by atoms with Gasteiger partial charge in [0.25, 0.3) is 0 Å². The summed E-state index contributed by atoms with van der Waals surface area (Å²) in [5, 5.41) is 2.66. The Morgan fingerprint density at radius 3 is 2.26 bits per heavy atom. The molecule has 0 spiro atoms. The smallest absolute Gasteiger partial charge is 0.243 e. The molecule has 3 rings (SSSR count). The van der Waals surface area contributed by atoms with Gasteiger partial charge in [0.05, 0.1) is 23.4 Å². The van der Waals surface area contributed by atoms with Gasteiger partial charge in [0.2, 0.25) is 26.0 Å². The Bertz CT molecular complexity index is 1240. The maximum Gasteiger partial charge on any atom is 0.243 e. The zero-order valence-electron chi connectivity index (χ0n) is 20.4. The van der Waals surface area contributed by atoms with Crippen molar-refractivity contribution in [3.63, 3.8) is 0 Å². The lowest BCUT2D eigenvalue weighted by molar-refractivity contribution is -0.119. The highest BCUT2D eigenvalue weighted by Gasteiger charge is 2.26. The average molecular weight is 524 g/mol. The highest BCUT2D eigenvalue weighted by molar-refractivity contribution is 7.92. The standard InChI is InChI=1S/C24H33N3O6S2/c1-19-7-12-23(20(2)17-19)27(34(3,29)30)18-24(28)25-13-16-33-21-8-10-22(11-9-21)35(31,32)26-14-5-4-6-15-26/h7-12,17H,4-6,13-16,18H2,1-3H3,(H,25,28). The van der Waals surface area contributed by atoms with Crippen LogP contribution < -0.4 is 14.4 Å². The Morgan fingerprint density at radius 2 is 1.66 bits per heavy atom. The van der Waals surface area contributed by atoms with Crippen LogP contribution in [0.25, 0.3) is 0 Å². The number of piperidine rings is 1. The summed E-state index contributed by atoms with van der Waals surface area (Å²) in [6, 6.07) is 11.6. The molecular formula is C24H33N3O6S2. The van der Waals surface area contributed by atoms with Crippen molar-refractivity contribution < 1.29 is 26.4 Å². The number of carbonyl (C=O) groups is 1. The van der Waals surface area contributed by atoms with Gasteiger partial charge in [0.1, 0.15) is 18.9 Å². The molecule has 1 amide bonds. The topological polar surface area (TPSA) is 113 Å². The summed E-state index contributed by atoms with van der Waals surface area (Å²) in [6.07, 6.45) is 3.86. The molecular weight excluding hydrogens is 490 g/mol. The second-order valence-electron chi connectivity index (χ2n) is 8.69. The van der Waals surface area contributed by atoms with Crippen LogP contribution in [0.15, 0.2) is 47.4 Å². The molecule has 1 aliphatic rings. The molecule has 0 radical (unpaired) electrons. The van der Waals surface area contributed by atoms with Gasteiger partial charge in [-0.3, -0.25) is 9.10 Å². The molecule has 2 aromatic carbocycles. The van der Waals surface area contributed by atoms with Gasteiger partial charge < -0.3 is 10.1 Å². The van der Waals surface area contributed by atoms with E-state index in [9.17, 15) is 21.6 Å². The van der Waals surface area contributed by atoms with Gasteiger partial charge in [-0.05, 0) is 62.6 Å². The molecule has 1 heterocycles. The SMILES string of the molecule is Cc1ccc(N(CC(=O)NCCOc2ccc(S(=O)(=O)N3CCCCC3)cc2)S(C)(=O)=O)c(C)c1. The Kier molecular flexibility index (Phi) is 8.79. The Balaban J connectivity index is 1.51. The number of aryl methyl sites for hydroxylation is 2. The molecule has 1 fully saturated rings. The van der Waals surface area contributed by atoms with Crippen LogP contribution in [0.4, 0.5) is 5.69 Å². The van der Waals surface area contributed by atoms with E-state index in [-0.39, 0.29) is 24.6 Å². The highest BCUT2D eigenvalue weighted by atomic mass is 32.2. The first kappa shape index (κ1) is 27.0. The summed E-state index contributed by atoms with van der Waals surface area (Å²) < 4.78 is 58.2. The van der Waals surface area contributed by atoms with Gasteiger partial charge in [-0.2, -0.15) is 4.31 Å². The molecule has 0 atom stereocenters. The van der Waals surface area contributed by atoms with E-state index in [0.29, 0.717) is 24.5 Å². The van der Waals surface area contributed by atoms with E-state index in [2.05, 4.69) is 5.32 Å². The lowest BCUT2D eigenvalue weighted by Crippen LogP contribution is -2.41. The quantitative estimate of drug-likeness (QED) is 0.479. The molecule has 1 aliphatic heterocycles. The van der Waals surface area contributed by atoms with Gasteiger partial charge in [0, 0.05) is 13.1 Å². The number of nitrogens with zero attached hydrogens (tertiary/aromatic N) is 2. The van der Waals surface area contributed by atoms with Crippen molar-refractivity contribution in [2.45, 2.75) is 38.0 Å². The Labute approximate surface area is 208 Å². The minimum atomic E-state index is -3.66. The summed E-state index contributed by atoms with van der Waals surface area (Å²) in [7, 11) is -7.16. The van der Waals surface area contributed by atoms with Crippen molar-refractivity contribution in [3.8, 4) is 5.75 Å². The van der Waals surface area contributed by atoms with Crippen LogP contribution >= 0.6 is 0 Å². The number of ether oxygens (including phenoxy) is 1. The van der Waals surface area contributed by atoms with Crippen LogP contribution in [0, 0.1) is 13.8 Å². The number of benzene rings is 2. The van der Waals surface area contributed by atoms with E-state index in [1.54, 1.807) is 31.2 Å². The fraction of sp³-hybridized carbons (Fsp3) is 0.458. The van der Waals surface area contributed by atoms with E-state index in [0.717, 1.165) is 41.0 Å². The lowest BCUT2D eigenvalue weighted by atomic mass is 10.1. The minimum Gasteiger partial charge on any atom is -0.492 e. The molecule has 35 heavy (non-hydrogen) atoms. The van der Waals surface area contributed by atoms with Crippen LogP contribution in [0.1, 0.15) is 30.4 Å².